The zero-order valence-electron chi connectivity index (χ0n) is 21.3. The van der Waals surface area contributed by atoms with Crippen molar-refractivity contribution in [3.8, 4) is 45.1 Å². The van der Waals surface area contributed by atoms with Crippen molar-refractivity contribution >= 4 is 21.8 Å². The molecule has 6 aromatic carbocycles. The zero-order valence-corrected chi connectivity index (χ0v) is 21.3. The third kappa shape index (κ3) is 4.07. The van der Waals surface area contributed by atoms with Crippen molar-refractivity contribution in [1.82, 2.24) is 4.57 Å². The number of hydrogen-bond acceptors (Lipinski definition) is 1. The summed E-state index contributed by atoms with van der Waals surface area (Å²) in [5.41, 5.74) is 10.6. The first kappa shape index (κ1) is 22.8. The van der Waals surface area contributed by atoms with E-state index in [2.05, 4.69) is 132 Å². The maximum absolute atomic E-state index is 10.1. The summed E-state index contributed by atoms with van der Waals surface area (Å²) in [6.45, 7) is 0. The Morgan fingerprint density at radius 2 is 0.846 bits per heavy atom. The molecule has 0 radical (unpaired) electrons. The quantitative estimate of drug-likeness (QED) is 0.238. The smallest absolute Gasteiger partial charge is 0.0992 e. The van der Waals surface area contributed by atoms with Crippen LogP contribution in [0.5, 0.6) is 0 Å². The van der Waals surface area contributed by atoms with Crippen LogP contribution in [0.4, 0.5) is 0 Å². The summed E-state index contributed by atoms with van der Waals surface area (Å²) in [5.74, 6) is 0. The molecule has 0 saturated heterocycles. The molecule has 0 N–H and O–H groups in total. The van der Waals surface area contributed by atoms with Crippen molar-refractivity contribution in [2.75, 3.05) is 0 Å². The topological polar surface area (TPSA) is 28.7 Å². The van der Waals surface area contributed by atoms with Gasteiger partial charge in [-0.25, -0.2) is 0 Å². The lowest BCUT2D eigenvalue weighted by Crippen LogP contribution is -1.96. The van der Waals surface area contributed by atoms with Crippen LogP contribution in [0.1, 0.15) is 5.56 Å². The summed E-state index contributed by atoms with van der Waals surface area (Å²) in [4.78, 5) is 0. The normalized spacial score (nSPS) is 11.1. The first-order valence-electron chi connectivity index (χ1n) is 13.1. The van der Waals surface area contributed by atoms with E-state index < -0.39 is 0 Å². The van der Waals surface area contributed by atoms with Crippen molar-refractivity contribution in [3.63, 3.8) is 0 Å². The van der Waals surface area contributed by atoms with Gasteiger partial charge >= 0.3 is 0 Å². The number of hydrogen-bond donors (Lipinski definition) is 0. The molecule has 0 amide bonds. The van der Waals surface area contributed by atoms with Crippen LogP contribution in [0, 0.1) is 11.3 Å². The largest absolute Gasteiger partial charge is 0.309 e. The summed E-state index contributed by atoms with van der Waals surface area (Å²) in [6.07, 6.45) is 0. The highest BCUT2D eigenvalue weighted by Gasteiger charge is 2.14. The second-order valence-corrected chi connectivity index (χ2v) is 9.78. The van der Waals surface area contributed by atoms with E-state index in [-0.39, 0.29) is 0 Å². The molecule has 1 aromatic heterocycles. The molecule has 182 valence electrons. The second kappa shape index (κ2) is 9.49. The Kier molecular flexibility index (Phi) is 5.54. The van der Waals surface area contributed by atoms with E-state index in [1.807, 2.05) is 24.3 Å². The zero-order chi connectivity index (χ0) is 26.2. The van der Waals surface area contributed by atoms with Crippen LogP contribution < -0.4 is 0 Å². The van der Waals surface area contributed by atoms with Gasteiger partial charge in [0.05, 0.1) is 22.7 Å². The van der Waals surface area contributed by atoms with E-state index in [0.717, 1.165) is 50.1 Å². The van der Waals surface area contributed by atoms with E-state index in [0.29, 0.717) is 5.56 Å². The molecule has 0 saturated carbocycles. The van der Waals surface area contributed by atoms with Crippen molar-refractivity contribution in [3.05, 3.63) is 151 Å². The molecule has 0 unspecified atom stereocenters. The van der Waals surface area contributed by atoms with Crippen molar-refractivity contribution < 1.29 is 0 Å². The van der Waals surface area contributed by atoms with Crippen LogP contribution in [0.25, 0.3) is 60.9 Å². The van der Waals surface area contributed by atoms with E-state index >= 15 is 0 Å². The molecule has 7 rings (SSSR count). The highest BCUT2D eigenvalue weighted by Crippen LogP contribution is 2.36. The van der Waals surface area contributed by atoms with Crippen molar-refractivity contribution in [2.24, 2.45) is 0 Å². The molecule has 1 heterocycles. The molecule has 2 heteroatoms. The monoisotopic (exact) mass is 496 g/mol. The number of benzene rings is 6. The van der Waals surface area contributed by atoms with Crippen LogP contribution in [-0.4, -0.2) is 4.57 Å². The minimum atomic E-state index is 0.635. The number of nitriles is 1. The van der Waals surface area contributed by atoms with Gasteiger partial charge in [-0.2, -0.15) is 5.26 Å². The van der Waals surface area contributed by atoms with E-state index in [4.69, 9.17) is 0 Å². The standard InChI is InChI=1S/C37H24N2/c38-25-26-19-29(24-33(20-26)39-36-17-9-7-15-34(36)35-16-8-10-18-37(35)39)32-22-30(27-11-3-1-4-12-27)21-31(23-32)28-13-5-2-6-14-28/h1-24H. The van der Waals surface area contributed by atoms with Gasteiger partial charge in [0.15, 0.2) is 0 Å². The fourth-order valence-electron chi connectivity index (χ4n) is 5.56. The second-order valence-electron chi connectivity index (χ2n) is 9.78. The number of fused-ring (bicyclic) bond motifs is 3. The Balaban J connectivity index is 1.49. The van der Waals surface area contributed by atoms with Gasteiger partial charge in [0.1, 0.15) is 0 Å². The highest BCUT2D eigenvalue weighted by atomic mass is 15.0. The Hall–Kier alpha value is -5.39. The number of aromatic nitrogens is 1. The maximum atomic E-state index is 10.1. The molecular weight excluding hydrogens is 472 g/mol. The molecule has 2 nitrogen and oxygen atoms in total. The van der Waals surface area contributed by atoms with Gasteiger partial charge in [-0.1, -0.05) is 97.1 Å². The fraction of sp³-hybridized carbons (Fsp3) is 0. The Labute approximate surface area is 227 Å². The maximum Gasteiger partial charge on any atom is 0.0992 e. The predicted octanol–water partition coefficient (Wildman–Crippen LogP) is 9.66. The van der Waals surface area contributed by atoms with E-state index in [1.54, 1.807) is 0 Å². The van der Waals surface area contributed by atoms with Crippen molar-refractivity contribution in [2.45, 2.75) is 0 Å². The minimum Gasteiger partial charge on any atom is -0.309 e. The lowest BCUT2D eigenvalue weighted by atomic mass is 9.92. The molecule has 0 aliphatic heterocycles. The molecular formula is C37H24N2. The average Bonchev–Trinajstić information content (AvgIpc) is 3.36. The van der Waals surface area contributed by atoms with Crippen LogP contribution >= 0.6 is 0 Å². The lowest BCUT2D eigenvalue weighted by Gasteiger charge is -2.14. The Bertz CT molecular complexity index is 1900. The molecule has 0 aliphatic rings. The first-order valence-corrected chi connectivity index (χ1v) is 13.1. The summed E-state index contributed by atoms with van der Waals surface area (Å²) >= 11 is 0. The summed E-state index contributed by atoms with van der Waals surface area (Å²) in [5, 5.41) is 12.5. The van der Waals surface area contributed by atoms with Gasteiger partial charge in [-0.3, -0.25) is 0 Å². The van der Waals surface area contributed by atoms with Crippen LogP contribution in [-0.2, 0) is 0 Å². The molecule has 0 aliphatic carbocycles. The lowest BCUT2D eigenvalue weighted by molar-refractivity contribution is 1.18. The van der Waals surface area contributed by atoms with E-state index in [1.165, 1.54) is 10.8 Å². The number of nitrogens with zero attached hydrogens (tertiary/aromatic N) is 2. The fourth-order valence-corrected chi connectivity index (χ4v) is 5.56. The highest BCUT2D eigenvalue weighted by molar-refractivity contribution is 6.09. The summed E-state index contributed by atoms with van der Waals surface area (Å²) < 4.78 is 2.27. The third-order valence-corrected chi connectivity index (χ3v) is 7.37. The van der Waals surface area contributed by atoms with Crippen LogP contribution in [0.2, 0.25) is 0 Å². The Morgan fingerprint density at radius 3 is 1.36 bits per heavy atom. The van der Waals surface area contributed by atoms with Gasteiger partial charge in [0.2, 0.25) is 0 Å². The van der Waals surface area contributed by atoms with Gasteiger partial charge in [0.25, 0.3) is 0 Å². The molecule has 0 spiro atoms. The molecule has 39 heavy (non-hydrogen) atoms. The number of rotatable bonds is 4. The Morgan fingerprint density at radius 1 is 0.410 bits per heavy atom. The average molecular weight is 497 g/mol. The van der Waals surface area contributed by atoms with Gasteiger partial charge in [-0.15, -0.1) is 0 Å². The van der Waals surface area contributed by atoms with Gasteiger partial charge < -0.3 is 4.57 Å². The molecule has 0 atom stereocenters. The van der Waals surface area contributed by atoms with Crippen LogP contribution in [0.15, 0.2) is 146 Å². The van der Waals surface area contributed by atoms with E-state index in [9.17, 15) is 5.26 Å². The summed E-state index contributed by atoms with van der Waals surface area (Å²) in [6, 6.07) is 53.2. The molecule has 7 aromatic rings. The van der Waals surface area contributed by atoms with Gasteiger partial charge in [-0.05, 0) is 81.9 Å². The predicted molar refractivity (Wildman–Crippen MR) is 162 cm³/mol. The SMILES string of the molecule is N#Cc1cc(-c2cc(-c3ccccc3)cc(-c3ccccc3)c2)cc(-n2c3ccccc3c3ccccc32)c1. The minimum absolute atomic E-state index is 0.635. The summed E-state index contributed by atoms with van der Waals surface area (Å²) in [7, 11) is 0. The number of para-hydroxylation sites is 2. The first-order chi connectivity index (χ1) is 19.3. The van der Waals surface area contributed by atoms with Crippen LogP contribution in [0.3, 0.4) is 0 Å². The molecule has 0 bridgehead atoms. The van der Waals surface area contributed by atoms with Crippen molar-refractivity contribution in [1.29, 1.82) is 5.26 Å². The van der Waals surface area contributed by atoms with Gasteiger partial charge in [0, 0.05) is 16.5 Å². The molecule has 0 fully saturated rings. The third-order valence-electron chi connectivity index (χ3n) is 7.37.